The molecule has 4 saturated heterocycles. The van der Waals surface area contributed by atoms with E-state index in [1.165, 1.54) is 12.8 Å². The lowest BCUT2D eigenvalue weighted by molar-refractivity contribution is -0.145. The summed E-state index contributed by atoms with van der Waals surface area (Å²) in [5, 5.41) is 0. The van der Waals surface area contributed by atoms with Gasteiger partial charge in [-0.05, 0) is 43.9 Å². The van der Waals surface area contributed by atoms with Gasteiger partial charge in [-0.1, -0.05) is 0 Å². The van der Waals surface area contributed by atoms with Crippen LogP contribution >= 0.6 is 0 Å². The number of aromatic nitrogens is 2. The van der Waals surface area contributed by atoms with Crippen LogP contribution in [-0.4, -0.2) is 81.3 Å². The van der Waals surface area contributed by atoms with E-state index in [1.54, 1.807) is 18.6 Å². The molecule has 5 rings (SSSR count). The molecule has 4 aliphatic rings. The van der Waals surface area contributed by atoms with E-state index < -0.39 is 0 Å². The van der Waals surface area contributed by atoms with Crippen molar-refractivity contribution in [3.05, 3.63) is 24.3 Å². The van der Waals surface area contributed by atoms with Gasteiger partial charge in [-0.15, -0.1) is 0 Å². The maximum absolute atomic E-state index is 12.6. The molecule has 0 saturated carbocycles. The SMILES string of the molecule is O=C(c1cnccn1)N1CCC(N2CC3CC(C2)[C@H]2CCCC(=O)N2C3)CC1. The molecular weight excluding hydrogens is 354 g/mol. The Kier molecular flexibility index (Phi) is 4.78. The lowest BCUT2D eigenvalue weighted by Gasteiger charge is -2.54. The summed E-state index contributed by atoms with van der Waals surface area (Å²) in [4.78, 5) is 39.9. The minimum atomic E-state index is -0.00146. The van der Waals surface area contributed by atoms with Gasteiger partial charge in [0, 0.05) is 63.6 Å². The Balaban J connectivity index is 1.20. The molecule has 2 amide bonds. The maximum Gasteiger partial charge on any atom is 0.274 e. The average Bonchev–Trinajstić information content (AvgIpc) is 2.75. The van der Waals surface area contributed by atoms with Crippen molar-refractivity contribution in [1.82, 2.24) is 24.7 Å². The fraction of sp³-hybridized carbons (Fsp3) is 0.714. The molecule has 7 nitrogen and oxygen atoms in total. The average molecular weight is 383 g/mol. The summed E-state index contributed by atoms with van der Waals surface area (Å²) in [7, 11) is 0. The van der Waals surface area contributed by atoms with Gasteiger partial charge in [0.15, 0.2) is 0 Å². The van der Waals surface area contributed by atoms with Crippen molar-refractivity contribution < 1.29 is 9.59 Å². The quantitative estimate of drug-likeness (QED) is 0.772. The third kappa shape index (κ3) is 3.30. The minimum absolute atomic E-state index is 0.00146. The highest BCUT2D eigenvalue weighted by Gasteiger charge is 2.45. The van der Waals surface area contributed by atoms with E-state index in [2.05, 4.69) is 19.8 Å². The molecule has 3 atom stereocenters. The first-order valence-corrected chi connectivity index (χ1v) is 10.8. The van der Waals surface area contributed by atoms with Crippen molar-refractivity contribution in [2.45, 2.75) is 50.6 Å². The lowest BCUT2D eigenvalue weighted by Crippen LogP contribution is -2.62. The summed E-state index contributed by atoms with van der Waals surface area (Å²) < 4.78 is 0. The molecule has 28 heavy (non-hydrogen) atoms. The second-order valence-corrected chi connectivity index (χ2v) is 8.94. The van der Waals surface area contributed by atoms with Crippen molar-refractivity contribution in [2.75, 3.05) is 32.7 Å². The number of carbonyl (C=O) groups excluding carboxylic acids is 2. The molecule has 0 radical (unpaired) electrons. The lowest BCUT2D eigenvalue weighted by atomic mass is 9.75. The Morgan fingerprint density at radius 1 is 1.07 bits per heavy atom. The predicted molar refractivity (Wildman–Crippen MR) is 103 cm³/mol. The van der Waals surface area contributed by atoms with Gasteiger partial charge in [0.25, 0.3) is 5.91 Å². The van der Waals surface area contributed by atoms with Crippen LogP contribution in [0.5, 0.6) is 0 Å². The van der Waals surface area contributed by atoms with E-state index >= 15 is 0 Å². The van der Waals surface area contributed by atoms with E-state index in [0.717, 1.165) is 58.4 Å². The second-order valence-electron chi connectivity index (χ2n) is 8.94. The van der Waals surface area contributed by atoms with Gasteiger partial charge in [-0.3, -0.25) is 19.5 Å². The van der Waals surface area contributed by atoms with E-state index in [1.807, 2.05) is 4.90 Å². The van der Waals surface area contributed by atoms with E-state index in [4.69, 9.17) is 0 Å². The summed E-state index contributed by atoms with van der Waals surface area (Å²) in [5.74, 6) is 1.64. The Morgan fingerprint density at radius 2 is 1.93 bits per heavy atom. The van der Waals surface area contributed by atoms with Crippen LogP contribution in [0.2, 0.25) is 0 Å². The van der Waals surface area contributed by atoms with Crippen LogP contribution in [0.15, 0.2) is 18.6 Å². The van der Waals surface area contributed by atoms with Crippen molar-refractivity contribution in [1.29, 1.82) is 0 Å². The number of likely N-dealkylation sites (tertiary alicyclic amines) is 2. The maximum atomic E-state index is 12.6. The van der Waals surface area contributed by atoms with Gasteiger partial charge in [-0.25, -0.2) is 4.98 Å². The Bertz CT molecular complexity index is 734. The fourth-order valence-corrected chi connectivity index (χ4v) is 5.95. The highest BCUT2D eigenvalue weighted by Crippen LogP contribution is 2.39. The number of piperidine rings is 4. The summed E-state index contributed by atoms with van der Waals surface area (Å²) in [6, 6.07) is 1.03. The summed E-state index contributed by atoms with van der Waals surface area (Å²) in [5.41, 5.74) is 0.440. The Morgan fingerprint density at radius 3 is 2.71 bits per heavy atom. The third-order valence-electron chi connectivity index (χ3n) is 7.26. The Hall–Kier alpha value is -2.02. The number of rotatable bonds is 2. The molecular formula is C21H29N5O2. The number of fused-ring (bicyclic) bond motifs is 4. The number of amides is 2. The topological polar surface area (TPSA) is 69.6 Å². The number of carbonyl (C=O) groups is 2. The standard InChI is InChI=1S/C21H29N5O2/c27-20-3-1-2-19-16-10-15(13-26(19)20)12-25(14-16)17-4-8-24(9-5-17)21(28)18-11-22-6-7-23-18/h6-7,11,15-17,19H,1-5,8-10,12-14H2/t15?,16?,19-/m1/s1. The van der Waals surface area contributed by atoms with Crippen LogP contribution in [0.25, 0.3) is 0 Å². The van der Waals surface area contributed by atoms with Crippen LogP contribution < -0.4 is 0 Å². The minimum Gasteiger partial charge on any atom is -0.339 e. The third-order valence-corrected chi connectivity index (χ3v) is 7.26. The van der Waals surface area contributed by atoms with Crippen molar-refractivity contribution in [3.8, 4) is 0 Å². The van der Waals surface area contributed by atoms with Gasteiger partial charge in [-0.2, -0.15) is 0 Å². The van der Waals surface area contributed by atoms with Crippen LogP contribution in [0.4, 0.5) is 0 Å². The first kappa shape index (κ1) is 18.0. The van der Waals surface area contributed by atoms with Crippen LogP contribution in [0, 0.1) is 11.8 Å². The predicted octanol–water partition coefficient (Wildman–Crippen LogP) is 1.41. The van der Waals surface area contributed by atoms with Crippen molar-refractivity contribution in [3.63, 3.8) is 0 Å². The van der Waals surface area contributed by atoms with Crippen LogP contribution in [0.1, 0.15) is 49.0 Å². The van der Waals surface area contributed by atoms with Crippen molar-refractivity contribution in [2.24, 2.45) is 11.8 Å². The Labute approximate surface area is 166 Å². The zero-order valence-corrected chi connectivity index (χ0v) is 16.4. The van der Waals surface area contributed by atoms with Gasteiger partial charge in [0.1, 0.15) is 5.69 Å². The molecule has 150 valence electrons. The monoisotopic (exact) mass is 383 g/mol. The first-order chi connectivity index (χ1) is 13.7. The van der Waals surface area contributed by atoms with Gasteiger partial charge < -0.3 is 9.80 Å². The molecule has 7 heteroatoms. The smallest absolute Gasteiger partial charge is 0.274 e. The highest BCUT2D eigenvalue weighted by atomic mass is 16.2. The summed E-state index contributed by atoms with van der Waals surface area (Å²) in [6.07, 6.45) is 11.1. The molecule has 4 aliphatic heterocycles. The zero-order valence-electron chi connectivity index (χ0n) is 16.4. The van der Waals surface area contributed by atoms with E-state index in [9.17, 15) is 9.59 Å². The van der Waals surface area contributed by atoms with Crippen molar-refractivity contribution >= 4 is 11.8 Å². The van der Waals surface area contributed by atoms with Crippen LogP contribution in [-0.2, 0) is 4.79 Å². The first-order valence-electron chi connectivity index (χ1n) is 10.8. The molecule has 2 bridgehead atoms. The van der Waals surface area contributed by atoms with E-state index in [-0.39, 0.29) is 5.91 Å². The largest absolute Gasteiger partial charge is 0.339 e. The molecule has 2 unspecified atom stereocenters. The fourth-order valence-electron chi connectivity index (χ4n) is 5.95. The molecule has 0 spiro atoms. The number of hydrogen-bond acceptors (Lipinski definition) is 5. The molecule has 0 aliphatic carbocycles. The zero-order chi connectivity index (χ0) is 19.1. The molecule has 1 aromatic heterocycles. The number of hydrogen-bond donors (Lipinski definition) is 0. The molecule has 0 N–H and O–H groups in total. The summed E-state index contributed by atoms with van der Waals surface area (Å²) >= 11 is 0. The number of nitrogens with zero attached hydrogens (tertiary/aromatic N) is 5. The summed E-state index contributed by atoms with van der Waals surface area (Å²) in [6.45, 7) is 4.77. The van der Waals surface area contributed by atoms with E-state index in [0.29, 0.717) is 35.5 Å². The molecule has 5 heterocycles. The molecule has 0 aromatic carbocycles. The molecule has 4 fully saturated rings. The van der Waals surface area contributed by atoms with Gasteiger partial charge in [0.2, 0.25) is 5.91 Å². The highest BCUT2D eigenvalue weighted by molar-refractivity contribution is 5.92. The van der Waals surface area contributed by atoms with Crippen LogP contribution in [0.3, 0.4) is 0 Å². The second kappa shape index (κ2) is 7.43. The van der Waals surface area contributed by atoms with Gasteiger partial charge in [0.05, 0.1) is 6.20 Å². The van der Waals surface area contributed by atoms with Gasteiger partial charge >= 0.3 is 0 Å². The molecule has 1 aromatic rings. The normalized spacial score (nSPS) is 31.6.